The van der Waals surface area contributed by atoms with Crippen molar-refractivity contribution in [3.8, 4) is 0 Å². The smallest absolute Gasteiger partial charge is 0.326 e. The van der Waals surface area contributed by atoms with Crippen molar-refractivity contribution in [2.24, 2.45) is 11.8 Å². The second-order valence-corrected chi connectivity index (χ2v) is 9.59. The van der Waals surface area contributed by atoms with Gasteiger partial charge in [0.25, 0.3) is 0 Å². The molecule has 2 N–H and O–H groups in total. The quantitative estimate of drug-likeness (QED) is 0.712. The predicted octanol–water partition coefficient (Wildman–Crippen LogP) is 1.32. The molecule has 9 nitrogen and oxygen atoms in total. The molecule has 2 aromatic rings. The third-order valence-corrected chi connectivity index (χ3v) is 7.29. The topological polar surface area (TPSA) is 130 Å². The van der Waals surface area contributed by atoms with E-state index in [9.17, 15) is 23.1 Å². The summed E-state index contributed by atoms with van der Waals surface area (Å²) in [5.74, 6) is -2.42. The van der Waals surface area contributed by atoms with Crippen molar-refractivity contribution in [3.05, 3.63) is 18.2 Å². The number of aromatic nitrogens is 2. The number of carboxylic acid groups (broad SMARTS) is 1. The van der Waals surface area contributed by atoms with Crippen molar-refractivity contribution in [1.29, 1.82) is 0 Å². The summed E-state index contributed by atoms with van der Waals surface area (Å²) in [6.07, 6.45) is 1.02. The molecular weight excluding hydrogens is 404 g/mol. The molecule has 0 saturated carbocycles. The lowest BCUT2D eigenvalue weighted by Gasteiger charge is -2.32. The van der Waals surface area contributed by atoms with Gasteiger partial charge in [0.05, 0.1) is 17.6 Å². The normalized spacial score (nSPS) is 19.6. The number of sulfonamides is 1. The Morgan fingerprint density at radius 3 is 2.75 bits per heavy atom. The van der Waals surface area contributed by atoms with Crippen molar-refractivity contribution < 1.29 is 23.1 Å². The van der Waals surface area contributed by atoms with Crippen LogP contribution in [0.15, 0.2) is 23.1 Å². The largest absolute Gasteiger partial charge is 0.480 e. The maximum Gasteiger partial charge on any atom is 0.326 e. The van der Waals surface area contributed by atoms with Crippen LogP contribution in [0, 0.1) is 11.8 Å². The number of carbonyl (C=O) groups is 2. The van der Waals surface area contributed by atoms with Crippen LogP contribution in [-0.4, -0.2) is 57.6 Å². The Labute approximate surface area is 167 Å². The van der Waals surface area contributed by atoms with Crippen molar-refractivity contribution in [2.75, 3.05) is 13.1 Å². The Morgan fingerprint density at radius 2 is 2.07 bits per heavy atom. The van der Waals surface area contributed by atoms with Crippen LogP contribution in [0.2, 0.25) is 0 Å². The summed E-state index contributed by atoms with van der Waals surface area (Å²) in [6, 6.07) is 3.80. The van der Waals surface area contributed by atoms with E-state index in [1.165, 1.54) is 10.4 Å². The van der Waals surface area contributed by atoms with E-state index in [0.717, 1.165) is 11.7 Å². The molecule has 3 rings (SSSR count). The van der Waals surface area contributed by atoms with E-state index in [-0.39, 0.29) is 17.4 Å². The first kappa shape index (κ1) is 20.6. The van der Waals surface area contributed by atoms with Gasteiger partial charge in [0.1, 0.15) is 22.0 Å². The van der Waals surface area contributed by atoms with Gasteiger partial charge < -0.3 is 10.4 Å². The Bertz CT molecular complexity index is 988. The van der Waals surface area contributed by atoms with Gasteiger partial charge in [-0.15, -0.1) is 0 Å². The summed E-state index contributed by atoms with van der Waals surface area (Å²) in [6.45, 7) is 3.72. The Hall–Kier alpha value is -2.11. The fraction of sp³-hybridized carbons (Fsp3) is 0.529. The lowest BCUT2D eigenvalue weighted by molar-refractivity contribution is -0.144. The molecule has 1 aromatic heterocycles. The number of carboxylic acids is 1. The number of hydrogen-bond donors (Lipinski definition) is 2. The fourth-order valence-corrected chi connectivity index (χ4v) is 5.56. The molecule has 0 unspecified atom stereocenters. The Morgan fingerprint density at radius 1 is 1.32 bits per heavy atom. The second kappa shape index (κ2) is 8.10. The molecule has 152 valence electrons. The van der Waals surface area contributed by atoms with Crippen LogP contribution in [0.3, 0.4) is 0 Å². The first-order valence-electron chi connectivity index (χ1n) is 8.96. The van der Waals surface area contributed by atoms with E-state index >= 15 is 0 Å². The Kier molecular flexibility index (Phi) is 5.96. The number of hydrogen-bond acceptors (Lipinski definition) is 7. The lowest BCUT2D eigenvalue weighted by atomic mass is 9.97. The third kappa shape index (κ3) is 4.01. The molecule has 1 fully saturated rings. The number of fused-ring (bicyclic) bond motifs is 1. The maximum absolute atomic E-state index is 13.1. The highest BCUT2D eigenvalue weighted by molar-refractivity contribution is 7.89. The van der Waals surface area contributed by atoms with Crippen molar-refractivity contribution in [2.45, 2.75) is 37.6 Å². The molecule has 11 heteroatoms. The molecule has 1 aliphatic rings. The van der Waals surface area contributed by atoms with Gasteiger partial charge in [-0.2, -0.15) is 13.1 Å². The van der Waals surface area contributed by atoms with Gasteiger partial charge in [0.15, 0.2) is 0 Å². The SMILES string of the molecule is CC(C)[C@@H](NC(=O)[C@@H]1CCCN(S(=O)(=O)c2cccc3nsnc23)C1)C(=O)O. The number of aliphatic carboxylic acids is 1. The van der Waals surface area contributed by atoms with Gasteiger partial charge in [0.2, 0.25) is 15.9 Å². The maximum atomic E-state index is 13.1. The van der Waals surface area contributed by atoms with E-state index in [0.29, 0.717) is 30.4 Å². The van der Waals surface area contributed by atoms with Gasteiger partial charge in [-0.1, -0.05) is 19.9 Å². The standard InChI is InChI=1S/C17H22N4O5S2/c1-10(2)14(17(23)24)18-16(22)11-5-4-8-21(9-11)28(25,26)13-7-3-6-12-15(13)20-27-19-12/h3,6-7,10-11,14H,4-5,8-9H2,1-2H3,(H,18,22)(H,23,24)/t11-,14-/m1/s1. The minimum absolute atomic E-state index is 0.00650. The fourth-order valence-electron chi connectivity index (χ4n) is 3.29. The molecule has 1 aliphatic heterocycles. The molecule has 1 aromatic carbocycles. The van der Waals surface area contributed by atoms with Crippen molar-refractivity contribution in [1.82, 2.24) is 18.4 Å². The van der Waals surface area contributed by atoms with Crippen molar-refractivity contribution in [3.63, 3.8) is 0 Å². The summed E-state index contributed by atoms with van der Waals surface area (Å²) in [5, 5.41) is 11.8. The van der Waals surface area contributed by atoms with E-state index in [2.05, 4.69) is 14.1 Å². The summed E-state index contributed by atoms with van der Waals surface area (Å²) in [4.78, 5) is 24.0. The molecular formula is C17H22N4O5S2. The summed E-state index contributed by atoms with van der Waals surface area (Å²) in [5.41, 5.74) is 0.837. The molecule has 0 bridgehead atoms. The number of nitrogens with one attached hydrogen (secondary N) is 1. The minimum Gasteiger partial charge on any atom is -0.480 e. The average Bonchev–Trinajstić information content (AvgIpc) is 3.14. The zero-order valence-electron chi connectivity index (χ0n) is 15.5. The van der Waals surface area contributed by atoms with Gasteiger partial charge in [0, 0.05) is 13.1 Å². The molecule has 28 heavy (non-hydrogen) atoms. The van der Waals surface area contributed by atoms with Crippen LogP contribution >= 0.6 is 11.7 Å². The van der Waals surface area contributed by atoms with Crippen LogP contribution in [0.4, 0.5) is 0 Å². The molecule has 2 atom stereocenters. The van der Waals surface area contributed by atoms with E-state index in [1.807, 2.05) is 0 Å². The monoisotopic (exact) mass is 426 g/mol. The number of piperidine rings is 1. The minimum atomic E-state index is -3.84. The van der Waals surface area contributed by atoms with Gasteiger partial charge in [-0.3, -0.25) is 4.79 Å². The highest BCUT2D eigenvalue weighted by Gasteiger charge is 2.36. The highest BCUT2D eigenvalue weighted by Crippen LogP contribution is 2.28. The summed E-state index contributed by atoms with van der Waals surface area (Å²) in [7, 11) is -3.84. The lowest BCUT2D eigenvalue weighted by Crippen LogP contribution is -2.50. The van der Waals surface area contributed by atoms with Crippen LogP contribution in [0.25, 0.3) is 11.0 Å². The Balaban J connectivity index is 1.80. The average molecular weight is 427 g/mol. The molecule has 1 saturated heterocycles. The highest BCUT2D eigenvalue weighted by atomic mass is 32.2. The second-order valence-electron chi connectivity index (χ2n) is 7.16. The number of nitrogens with zero attached hydrogens (tertiary/aromatic N) is 3. The first-order valence-corrected chi connectivity index (χ1v) is 11.1. The summed E-state index contributed by atoms with van der Waals surface area (Å²) >= 11 is 0.945. The molecule has 0 radical (unpaired) electrons. The van der Waals surface area contributed by atoms with E-state index in [1.54, 1.807) is 26.0 Å². The van der Waals surface area contributed by atoms with Gasteiger partial charge in [-0.05, 0) is 30.9 Å². The molecule has 1 amide bonds. The number of carbonyl (C=O) groups excluding carboxylic acids is 1. The summed E-state index contributed by atoms with van der Waals surface area (Å²) < 4.78 is 35.7. The molecule has 2 heterocycles. The third-order valence-electron chi connectivity index (χ3n) is 4.85. The van der Waals surface area contributed by atoms with E-state index in [4.69, 9.17) is 0 Å². The number of benzene rings is 1. The first-order chi connectivity index (χ1) is 13.2. The van der Waals surface area contributed by atoms with Crippen LogP contribution in [0.5, 0.6) is 0 Å². The molecule has 0 aliphatic carbocycles. The van der Waals surface area contributed by atoms with Crippen molar-refractivity contribution >= 4 is 44.7 Å². The van der Waals surface area contributed by atoms with Crippen LogP contribution in [-0.2, 0) is 19.6 Å². The van der Waals surface area contributed by atoms with Crippen LogP contribution < -0.4 is 5.32 Å². The van der Waals surface area contributed by atoms with Gasteiger partial charge in [-0.25, -0.2) is 13.2 Å². The number of rotatable bonds is 6. The zero-order chi connectivity index (χ0) is 20.5. The number of amides is 1. The molecule has 0 spiro atoms. The van der Waals surface area contributed by atoms with E-state index < -0.39 is 33.9 Å². The van der Waals surface area contributed by atoms with Gasteiger partial charge >= 0.3 is 5.97 Å². The predicted molar refractivity (Wildman–Crippen MR) is 103 cm³/mol. The zero-order valence-corrected chi connectivity index (χ0v) is 17.2. The van der Waals surface area contributed by atoms with Crippen LogP contribution in [0.1, 0.15) is 26.7 Å².